The SMILES string of the molecule is c1ccc(-c2cc(-c3ccccc3)cc(N(c3ccccc3)c3ccc(-c4cccc5oc6c7ccccc7ccc6c45)cc3)c2)cc1. The summed E-state index contributed by atoms with van der Waals surface area (Å²) in [5.74, 6) is 0. The first-order chi connectivity index (χ1) is 23.8. The van der Waals surface area contributed by atoms with Gasteiger partial charge in [-0.2, -0.15) is 0 Å². The fraction of sp³-hybridized carbons (Fsp3) is 0. The third kappa shape index (κ3) is 4.92. The highest BCUT2D eigenvalue weighted by atomic mass is 16.3. The van der Waals surface area contributed by atoms with Gasteiger partial charge in [-0.05, 0) is 93.4 Å². The van der Waals surface area contributed by atoms with Crippen molar-refractivity contribution in [2.24, 2.45) is 0 Å². The topological polar surface area (TPSA) is 16.4 Å². The van der Waals surface area contributed by atoms with Crippen LogP contribution in [0.1, 0.15) is 0 Å². The van der Waals surface area contributed by atoms with E-state index in [-0.39, 0.29) is 0 Å². The van der Waals surface area contributed by atoms with E-state index < -0.39 is 0 Å². The summed E-state index contributed by atoms with van der Waals surface area (Å²) in [7, 11) is 0. The van der Waals surface area contributed by atoms with Crippen LogP contribution in [0.4, 0.5) is 17.1 Å². The average Bonchev–Trinajstić information content (AvgIpc) is 3.56. The molecule has 0 aliphatic rings. The highest BCUT2D eigenvalue weighted by Gasteiger charge is 2.18. The van der Waals surface area contributed by atoms with Gasteiger partial charge in [0, 0.05) is 33.2 Å². The zero-order chi connectivity index (χ0) is 31.9. The predicted octanol–water partition coefficient (Wildman–Crippen LogP) is 13.2. The van der Waals surface area contributed by atoms with E-state index in [1.54, 1.807) is 0 Å². The maximum absolute atomic E-state index is 6.49. The van der Waals surface area contributed by atoms with Crippen molar-refractivity contribution in [3.05, 3.63) is 188 Å². The Morgan fingerprint density at radius 3 is 1.65 bits per heavy atom. The Bertz CT molecular complexity index is 2480. The summed E-state index contributed by atoms with van der Waals surface area (Å²) >= 11 is 0. The van der Waals surface area contributed by atoms with Gasteiger partial charge in [-0.25, -0.2) is 0 Å². The van der Waals surface area contributed by atoms with Crippen LogP contribution in [-0.2, 0) is 0 Å². The van der Waals surface area contributed by atoms with E-state index in [4.69, 9.17) is 4.42 Å². The first-order valence-corrected chi connectivity index (χ1v) is 16.3. The second-order valence-electron chi connectivity index (χ2n) is 12.2. The summed E-state index contributed by atoms with van der Waals surface area (Å²) < 4.78 is 6.49. The molecule has 0 amide bonds. The van der Waals surface area contributed by atoms with Gasteiger partial charge >= 0.3 is 0 Å². The van der Waals surface area contributed by atoms with Crippen molar-refractivity contribution >= 4 is 49.8 Å². The summed E-state index contributed by atoms with van der Waals surface area (Å²) in [5, 5.41) is 4.61. The molecule has 0 bridgehead atoms. The molecule has 1 aromatic heterocycles. The molecule has 2 heteroatoms. The molecule has 0 atom stereocenters. The van der Waals surface area contributed by atoms with Crippen molar-refractivity contribution < 1.29 is 4.42 Å². The molecular formula is C46H31NO. The zero-order valence-electron chi connectivity index (χ0n) is 26.3. The van der Waals surface area contributed by atoms with Crippen LogP contribution in [0.15, 0.2) is 192 Å². The van der Waals surface area contributed by atoms with E-state index in [1.807, 2.05) is 0 Å². The normalized spacial score (nSPS) is 11.3. The molecule has 0 fully saturated rings. The van der Waals surface area contributed by atoms with Gasteiger partial charge in [0.25, 0.3) is 0 Å². The molecular weight excluding hydrogens is 583 g/mol. The Kier molecular flexibility index (Phi) is 6.84. The van der Waals surface area contributed by atoms with Gasteiger partial charge in [-0.1, -0.05) is 133 Å². The number of para-hydroxylation sites is 1. The van der Waals surface area contributed by atoms with E-state index in [1.165, 1.54) is 27.6 Å². The molecule has 0 aliphatic carbocycles. The van der Waals surface area contributed by atoms with E-state index in [0.29, 0.717) is 0 Å². The van der Waals surface area contributed by atoms with Crippen molar-refractivity contribution in [1.82, 2.24) is 0 Å². The first kappa shape index (κ1) is 27.9. The predicted molar refractivity (Wildman–Crippen MR) is 202 cm³/mol. The Balaban J connectivity index is 1.19. The van der Waals surface area contributed by atoms with Crippen LogP contribution in [0.5, 0.6) is 0 Å². The number of furan rings is 1. The Morgan fingerprint density at radius 1 is 0.354 bits per heavy atom. The number of rotatable bonds is 6. The highest BCUT2D eigenvalue weighted by molar-refractivity contribution is 6.19. The van der Waals surface area contributed by atoms with Gasteiger partial charge in [0.1, 0.15) is 11.2 Å². The van der Waals surface area contributed by atoms with E-state index >= 15 is 0 Å². The van der Waals surface area contributed by atoms with Crippen LogP contribution in [0.25, 0.3) is 66.1 Å². The molecule has 0 radical (unpaired) electrons. The monoisotopic (exact) mass is 613 g/mol. The van der Waals surface area contributed by atoms with Crippen LogP contribution in [-0.4, -0.2) is 0 Å². The van der Waals surface area contributed by atoms with Crippen molar-refractivity contribution in [3.8, 4) is 33.4 Å². The molecule has 1 heterocycles. The number of benzene rings is 8. The lowest BCUT2D eigenvalue weighted by molar-refractivity contribution is 0.673. The quantitative estimate of drug-likeness (QED) is 0.185. The number of nitrogens with zero attached hydrogens (tertiary/aromatic N) is 1. The Hall–Kier alpha value is -6.38. The van der Waals surface area contributed by atoms with Crippen LogP contribution in [0, 0.1) is 0 Å². The second kappa shape index (κ2) is 11.8. The number of hydrogen-bond donors (Lipinski definition) is 0. The minimum atomic E-state index is 0.903. The molecule has 9 aromatic rings. The van der Waals surface area contributed by atoms with E-state index in [2.05, 4.69) is 193 Å². The minimum absolute atomic E-state index is 0.903. The van der Waals surface area contributed by atoms with Crippen LogP contribution in [0.3, 0.4) is 0 Å². The molecule has 48 heavy (non-hydrogen) atoms. The van der Waals surface area contributed by atoms with Crippen LogP contribution in [0.2, 0.25) is 0 Å². The molecule has 0 N–H and O–H groups in total. The lowest BCUT2D eigenvalue weighted by Gasteiger charge is -2.27. The molecule has 0 saturated carbocycles. The maximum Gasteiger partial charge on any atom is 0.143 e. The van der Waals surface area contributed by atoms with E-state index in [9.17, 15) is 0 Å². The number of fused-ring (bicyclic) bond motifs is 5. The van der Waals surface area contributed by atoms with Gasteiger partial charge in [0.2, 0.25) is 0 Å². The molecule has 0 spiro atoms. The van der Waals surface area contributed by atoms with Crippen LogP contribution < -0.4 is 4.90 Å². The zero-order valence-corrected chi connectivity index (χ0v) is 26.3. The lowest BCUT2D eigenvalue weighted by atomic mass is 9.96. The molecule has 0 aliphatic heterocycles. The summed E-state index contributed by atoms with van der Waals surface area (Å²) in [6.07, 6.45) is 0. The van der Waals surface area contributed by atoms with Gasteiger partial charge in [-0.15, -0.1) is 0 Å². The highest BCUT2D eigenvalue weighted by Crippen LogP contribution is 2.42. The molecule has 0 unspecified atom stereocenters. The molecule has 8 aromatic carbocycles. The minimum Gasteiger partial charge on any atom is -0.455 e. The standard InChI is InChI=1S/C46H31NO/c1-4-13-32(14-5-1)36-29-37(33-15-6-2-7-16-33)31-40(30-36)47(38-18-8-3-9-19-38)39-26-23-35(24-27-39)41-21-12-22-44-45(41)43-28-25-34-17-10-11-20-42(34)46(43)48-44/h1-31H. The molecule has 2 nitrogen and oxygen atoms in total. The van der Waals surface area contributed by atoms with Crippen molar-refractivity contribution in [3.63, 3.8) is 0 Å². The number of anilines is 3. The van der Waals surface area contributed by atoms with Crippen molar-refractivity contribution in [2.45, 2.75) is 0 Å². The van der Waals surface area contributed by atoms with Crippen molar-refractivity contribution in [1.29, 1.82) is 0 Å². The smallest absolute Gasteiger partial charge is 0.143 e. The summed E-state index contributed by atoms with van der Waals surface area (Å²) in [6, 6.07) is 66.9. The largest absolute Gasteiger partial charge is 0.455 e. The van der Waals surface area contributed by atoms with Gasteiger partial charge in [0.15, 0.2) is 0 Å². The maximum atomic E-state index is 6.49. The molecule has 226 valence electrons. The van der Waals surface area contributed by atoms with Gasteiger partial charge in [-0.3, -0.25) is 0 Å². The molecule has 9 rings (SSSR count). The summed E-state index contributed by atoms with van der Waals surface area (Å²) in [5.41, 5.74) is 12.2. The van der Waals surface area contributed by atoms with Gasteiger partial charge < -0.3 is 9.32 Å². The number of hydrogen-bond acceptors (Lipinski definition) is 2. The third-order valence-electron chi connectivity index (χ3n) is 9.23. The van der Waals surface area contributed by atoms with Crippen LogP contribution >= 0.6 is 0 Å². The summed E-state index contributed by atoms with van der Waals surface area (Å²) in [4.78, 5) is 2.35. The fourth-order valence-electron chi connectivity index (χ4n) is 6.94. The fourth-order valence-corrected chi connectivity index (χ4v) is 6.94. The first-order valence-electron chi connectivity index (χ1n) is 16.3. The third-order valence-corrected chi connectivity index (χ3v) is 9.23. The van der Waals surface area contributed by atoms with E-state index in [0.717, 1.165) is 55.5 Å². The van der Waals surface area contributed by atoms with Crippen molar-refractivity contribution in [2.75, 3.05) is 4.90 Å². The Labute approximate surface area is 279 Å². The Morgan fingerprint density at radius 2 is 0.958 bits per heavy atom. The summed E-state index contributed by atoms with van der Waals surface area (Å²) in [6.45, 7) is 0. The molecule has 0 saturated heterocycles. The van der Waals surface area contributed by atoms with Gasteiger partial charge in [0.05, 0.1) is 0 Å². The second-order valence-corrected chi connectivity index (χ2v) is 12.2. The average molecular weight is 614 g/mol. The lowest BCUT2D eigenvalue weighted by Crippen LogP contribution is -2.10.